The molecule has 3 N–H and O–H groups in total. The van der Waals surface area contributed by atoms with Crippen molar-refractivity contribution >= 4 is 17.8 Å². The molecule has 1 aliphatic heterocycles. The molecule has 1 saturated heterocycles. The quantitative estimate of drug-likeness (QED) is 0.668. The van der Waals surface area contributed by atoms with Crippen molar-refractivity contribution in [1.82, 2.24) is 25.5 Å². The second-order valence-electron chi connectivity index (χ2n) is 5.96. The molecule has 0 bridgehead atoms. The van der Waals surface area contributed by atoms with Crippen molar-refractivity contribution < 1.29 is 9.59 Å². The molecule has 1 atom stereocenters. The predicted molar refractivity (Wildman–Crippen MR) is 94.1 cm³/mol. The Morgan fingerprint density at radius 2 is 2.00 bits per heavy atom. The van der Waals surface area contributed by atoms with Crippen molar-refractivity contribution in [2.24, 2.45) is 0 Å². The standard InChI is InChI=1S/C18H16N6O2/c25-15-9-8-13(20-15)11-4-6-12(7-5-11)17(26)22-18-21-16(23-24-18)14-3-1-2-10-19-14/h1-7,10,13H,8-9H2,(H,20,25)(H2,21,22,23,24,26). The molecule has 2 aromatic heterocycles. The summed E-state index contributed by atoms with van der Waals surface area (Å²) in [5.41, 5.74) is 2.12. The molecule has 4 rings (SSSR count). The lowest BCUT2D eigenvalue weighted by molar-refractivity contribution is -0.119. The van der Waals surface area contributed by atoms with Crippen LogP contribution in [0.25, 0.3) is 11.5 Å². The van der Waals surface area contributed by atoms with E-state index < -0.39 is 0 Å². The number of carbonyl (C=O) groups is 2. The molecule has 1 aromatic carbocycles. The first-order valence-corrected chi connectivity index (χ1v) is 8.23. The Balaban J connectivity index is 1.43. The summed E-state index contributed by atoms with van der Waals surface area (Å²) in [4.78, 5) is 32.1. The van der Waals surface area contributed by atoms with Gasteiger partial charge in [0.1, 0.15) is 5.69 Å². The van der Waals surface area contributed by atoms with E-state index in [1.807, 2.05) is 24.3 Å². The Kier molecular flexibility index (Phi) is 4.14. The van der Waals surface area contributed by atoms with Gasteiger partial charge in [0.2, 0.25) is 11.9 Å². The zero-order valence-corrected chi connectivity index (χ0v) is 13.8. The molecule has 0 aliphatic carbocycles. The zero-order valence-electron chi connectivity index (χ0n) is 13.8. The lowest BCUT2D eigenvalue weighted by atomic mass is 10.0. The Morgan fingerprint density at radius 3 is 2.69 bits per heavy atom. The van der Waals surface area contributed by atoms with E-state index in [-0.39, 0.29) is 23.8 Å². The molecule has 1 fully saturated rings. The SMILES string of the molecule is O=C1CCC(c2ccc(C(=O)Nc3n[nH]c(-c4ccccn4)n3)cc2)N1. The number of hydrogen-bond acceptors (Lipinski definition) is 5. The Morgan fingerprint density at radius 1 is 1.15 bits per heavy atom. The first kappa shape index (κ1) is 15.9. The number of nitrogens with one attached hydrogen (secondary N) is 3. The van der Waals surface area contributed by atoms with E-state index in [9.17, 15) is 9.59 Å². The largest absolute Gasteiger partial charge is 0.349 e. The molecule has 1 aliphatic rings. The molecule has 2 amide bonds. The molecule has 0 radical (unpaired) electrons. The van der Waals surface area contributed by atoms with Crippen LogP contribution in [0.3, 0.4) is 0 Å². The third-order valence-corrected chi connectivity index (χ3v) is 4.19. The topological polar surface area (TPSA) is 113 Å². The predicted octanol–water partition coefficient (Wildman–Crippen LogP) is 2.07. The van der Waals surface area contributed by atoms with Crippen molar-refractivity contribution in [1.29, 1.82) is 0 Å². The van der Waals surface area contributed by atoms with Crippen LogP contribution in [0, 0.1) is 0 Å². The number of aromatic nitrogens is 4. The zero-order chi connectivity index (χ0) is 17.9. The van der Waals surface area contributed by atoms with E-state index in [4.69, 9.17) is 0 Å². The van der Waals surface area contributed by atoms with E-state index in [0.717, 1.165) is 12.0 Å². The van der Waals surface area contributed by atoms with Crippen LogP contribution in [0.2, 0.25) is 0 Å². The molecule has 3 aromatic rings. The lowest BCUT2D eigenvalue weighted by Crippen LogP contribution is -2.18. The van der Waals surface area contributed by atoms with E-state index >= 15 is 0 Å². The Bertz CT molecular complexity index is 936. The summed E-state index contributed by atoms with van der Waals surface area (Å²) in [6, 6.07) is 12.6. The third-order valence-electron chi connectivity index (χ3n) is 4.19. The van der Waals surface area contributed by atoms with Gasteiger partial charge in [-0.05, 0) is 36.2 Å². The van der Waals surface area contributed by atoms with Crippen LogP contribution in [0.1, 0.15) is 34.8 Å². The maximum absolute atomic E-state index is 12.4. The molecule has 0 saturated carbocycles. The second-order valence-corrected chi connectivity index (χ2v) is 5.96. The molecule has 8 nitrogen and oxygen atoms in total. The number of H-pyrrole nitrogens is 1. The van der Waals surface area contributed by atoms with Crippen LogP contribution in [-0.4, -0.2) is 32.0 Å². The van der Waals surface area contributed by atoms with Crippen molar-refractivity contribution in [3.8, 4) is 11.5 Å². The summed E-state index contributed by atoms with van der Waals surface area (Å²) in [6.07, 6.45) is 2.97. The maximum atomic E-state index is 12.4. The highest BCUT2D eigenvalue weighted by atomic mass is 16.2. The average Bonchev–Trinajstić information content (AvgIpc) is 3.32. The molecular formula is C18H16N6O2. The minimum Gasteiger partial charge on any atom is -0.349 e. The van der Waals surface area contributed by atoms with Crippen LogP contribution in [0.15, 0.2) is 48.7 Å². The van der Waals surface area contributed by atoms with Crippen LogP contribution < -0.4 is 10.6 Å². The molecule has 1 unspecified atom stereocenters. The molecule has 26 heavy (non-hydrogen) atoms. The highest BCUT2D eigenvalue weighted by Crippen LogP contribution is 2.24. The summed E-state index contributed by atoms with van der Waals surface area (Å²) < 4.78 is 0. The molecule has 130 valence electrons. The van der Waals surface area contributed by atoms with Gasteiger partial charge in [0.05, 0.1) is 6.04 Å². The van der Waals surface area contributed by atoms with Crippen molar-refractivity contribution in [3.63, 3.8) is 0 Å². The van der Waals surface area contributed by atoms with Crippen molar-refractivity contribution in [3.05, 3.63) is 59.8 Å². The molecule has 0 spiro atoms. The van der Waals surface area contributed by atoms with Gasteiger partial charge >= 0.3 is 0 Å². The van der Waals surface area contributed by atoms with E-state index in [1.165, 1.54) is 0 Å². The highest BCUT2D eigenvalue weighted by molar-refractivity contribution is 6.03. The maximum Gasteiger partial charge on any atom is 0.258 e. The van der Waals surface area contributed by atoms with Crippen LogP contribution >= 0.6 is 0 Å². The van der Waals surface area contributed by atoms with Gasteiger partial charge in [0, 0.05) is 18.2 Å². The first-order valence-electron chi connectivity index (χ1n) is 8.23. The Hall–Kier alpha value is -3.55. The minimum absolute atomic E-state index is 0.0218. The number of amides is 2. The van der Waals surface area contributed by atoms with Gasteiger partial charge in [-0.3, -0.25) is 25.0 Å². The number of hydrogen-bond donors (Lipinski definition) is 3. The second kappa shape index (κ2) is 6.75. The highest BCUT2D eigenvalue weighted by Gasteiger charge is 2.22. The number of carbonyl (C=O) groups excluding carboxylic acids is 2. The summed E-state index contributed by atoms with van der Waals surface area (Å²) in [5, 5.41) is 12.3. The number of pyridine rings is 1. The summed E-state index contributed by atoms with van der Waals surface area (Å²) in [7, 11) is 0. The van der Waals surface area contributed by atoms with Gasteiger partial charge in [-0.2, -0.15) is 4.98 Å². The number of rotatable bonds is 4. The summed E-state index contributed by atoms with van der Waals surface area (Å²) >= 11 is 0. The number of nitrogens with zero attached hydrogens (tertiary/aromatic N) is 3. The fourth-order valence-electron chi connectivity index (χ4n) is 2.84. The van der Waals surface area contributed by atoms with Crippen molar-refractivity contribution in [2.45, 2.75) is 18.9 Å². The monoisotopic (exact) mass is 348 g/mol. The van der Waals surface area contributed by atoms with Crippen LogP contribution in [0.5, 0.6) is 0 Å². The van der Waals surface area contributed by atoms with Crippen molar-refractivity contribution in [2.75, 3.05) is 5.32 Å². The first-order chi connectivity index (χ1) is 12.7. The van der Waals surface area contributed by atoms with Gasteiger partial charge in [-0.1, -0.05) is 18.2 Å². The fraction of sp³-hybridized carbons (Fsp3) is 0.167. The van der Waals surface area contributed by atoms with E-state index in [1.54, 1.807) is 24.4 Å². The molecule has 3 heterocycles. The summed E-state index contributed by atoms with van der Waals surface area (Å²) in [6.45, 7) is 0. The van der Waals surface area contributed by atoms with Crippen LogP contribution in [-0.2, 0) is 4.79 Å². The smallest absolute Gasteiger partial charge is 0.258 e. The van der Waals surface area contributed by atoms with Gasteiger partial charge < -0.3 is 5.32 Å². The van der Waals surface area contributed by atoms with Gasteiger partial charge in [0.15, 0.2) is 5.82 Å². The minimum atomic E-state index is -0.307. The van der Waals surface area contributed by atoms with Crippen LogP contribution in [0.4, 0.5) is 5.95 Å². The average molecular weight is 348 g/mol. The number of anilines is 1. The molecule has 8 heteroatoms. The normalized spacial score (nSPS) is 16.3. The van der Waals surface area contributed by atoms with Gasteiger partial charge in [0.25, 0.3) is 5.91 Å². The Labute approximate surface area is 149 Å². The van der Waals surface area contributed by atoms with Gasteiger partial charge in [-0.15, -0.1) is 5.10 Å². The fourth-order valence-corrected chi connectivity index (χ4v) is 2.84. The molecular weight excluding hydrogens is 332 g/mol. The van der Waals surface area contributed by atoms with E-state index in [2.05, 4.69) is 30.8 Å². The van der Waals surface area contributed by atoms with E-state index in [0.29, 0.717) is 23.5 Å². The lowest BCUT2D eigenvalue weighted by Gasteiger charge is -2.10. The number of benzene rings is 1. The van der Waals surface area contributed by atoms with Gasteiger partial charge in [-0.25, -0.2) is 0 Å². The number of aromatic amines is 1. The third kappa shape index (κ3) is 3.30. The summed E-state index contributed by atoms with van der Waals surface area (Å²) in [5.74, 6) is 0.416.